The summed E-state index contributed by atoms with van der Waals surface area (Å²) in [5.41, 5.74) is 4.48. The molecule has 0 aliphatic rings. The monoisotopic (exact) mass is 500 g/mol. The van der Waals surface area contributed by atoms with Crippen molar-refractivity contribution in [3.8, 4) is 16.9 Å². The van der Waals surface area contributed by atoms with E-state index >= 15 is 0 Å². The molecule has 0 saturated heterocycles. The highest BCUT2D eigenvalue weighted by molar-refractivity contribution is 6.15. The van der Waals surface area contributed by atoms with E-state index in [9.17, 15) is 27.2 Å². The molecule has 4 aromatic rings. The number of halogens is 4. The number of carbonyl (C=O) groups is 2. The third-order valence-corrected chi connectivity index (χ3v) is 5.65. The van der Waals surface area contributed by atoms with E-state index in [1.54, 1.807) is 30.3 Å². The summed E-state index contributed by atoms with van der Waals surface area (Å²) >= 11 is 0. The van der Waals surface area contributed by atoms with Gasteiger partial charge in [-0.05, 0) is 54.4 Å². The van der Waals surface area contributed by atoms with Crippen LogP contribution in [-0.2, 0) is 4.79 Å². The topological polar surface area (TPSA) is 94.6 Å². The van der Waals surface area contributed by atoms with Crippen molar-refractivity contribution in [3.63, 3.8) is 0 Å². The molecule has 0 aliphatic carbocycles. The van der Waals surface area contributed by atoms with E-state index in [0.717, 1.165) is 12.1 Å². The normalized spacial score (nSPS) is 13.0. The number of ether oxygens (including phenoxy) is 1. The third-order valence-electron chi connectivity index (χ3n) is 5.65. The molecule has 1 heterocycles. The fraction of sp³-hybridized carbons (Fsp3) is 0.154. The van der Waals surface area contributed by atoms with Crippen molar-refractivity contribution < 1.29 is 36.3 Å². The van der Waals surface area contributed by atoms with Crippen molar-refractivity contribution in [3.05, 3.63) is 77.8 Å². The molecule has 36 heavy (non-hydrogen) atoms. The van der Waals surface area contributed by atoms with E-state index in [1.165, 1.54) is 25.3 Å². The summed E-state index contributed by atoms with van der Waals surface area (Å²) in [7, 11) is 1.30. The Kier molecular flexibility index (Phi) is 6.45. The van der Waals surface area contributed by atoms with Crippen LogP contribution in [0, 0.1) is 5.82 Å². The van der Waals surface area contributed by atoms with Gasteiger partial charge in [-0.25, -0.2) is 17.6 Å². The first-order chi connectivity index (χ1) is 17.0. The first-order valence-corrected chi connectivity index (χ1v) is 10.6. The number of hydrogen-bond donors (Lipinski definition) is 2. The van der Waals surface area contributed by atoms with Crippen LogP contribution in [0.25, 0.3) is 22.1 Å². The second-order valence-corrected chi connectivity index (χ2v) is 8.14. The van der Waals surface area contributed by atoms with Gasteiger partial charge in [-0.2, -0.15) is 0 Å². The van der Waals surface area contributed by atoms with E-state index in [4.69, 9.17) is 14.9 Å². The Bertz CT molecular complexity index is 1480. The van der Waals surface area contributed by atoms with Crippen LogP contribution < -0.4 is 15.8 Å². The number of benzene rings is 3. The highest BCUT2D eigenvalue weighted by atomic mass is 19.3. The quantitative estimate of drug-likeness (QED) is 0.240. The number of carbonyl (C=O) groups excluding carboxylic acids is 2. The van der Waals surface area contributed by atoms with Gasteiger partial charge in [0.2, 0.25) is 11.5 Å². The van der Waals surface area contributed by atoms with Gasteiger partial charge in [0.05, 0.1) is 18.4 Å². The Balaban J connectivity index is 1.67. The molecule has 1 atom stereocenters. The fourth-order valence-corrected chi connectivity index (χ4v) is 3.57. The zero-order valence-electron chi connectivity index (χ0n) is 19.1. The molecule has 3 N–H and O–H groups in total. The van der Waals surface area contributed by atoms with E-state index in [1.807, 2.05) is 0 Å². The number of hydrogen-bond acceptors (Lipinski definition) is 5. The molecular formula is C26H20F4N2O4. The van der Waals surface area contributed by atoms with Crippen LogP contribution in [-0.4, -0.2) is 30.9 Å². The molecule has 0 radical (unpaired) electrons. The maximum Gasteiger partial charge on any atom is 0.280 e. The van der Waals surface area contributed by atoms with Gasteiger partial charge in [-0.1, -0.05) is 18.2 Å². The standard InChI is InChI=1S/C26H20F4N2O4/c1-26(30,24(28)29)25(34)32-16-5-3-4-13(10-16)14-6-8-17-20(11-14)36-23(21(17)31)22(33)18-9-7-15(27)12-19(18)35-2/h3-12,24H,31H2,1-2H3,(H,32,34). The number of fused-ring (bicyclic) bond motifs is 1. The maximum atomic E-state index is 13.9. The van der Waals surface area contributed by atoms with Crippen molar-refractivity contribution in [1.29, 1.82) is 0 Å². The molecule has 4 rings (SSSR count). The molecule has 1 unspecified atom stereocenters. The summed E-state index contributed by atoms with van der Waals surface area (Å²) in [6.45, 7) is 0.506. The number of methoxy groups -OCH3 is 1. The van der Waals surface area contributed by atoms with Crippen LogP contribution in [0.2, 0.25) is 0 Å². The second kappa shape index (κ2) is 9.37. The first-order valence-electron chi connectivity index (χ1n) is 10.6. The van der Waals surface area contributed by atoms with Crippen molar-refractivity contribution in [2.45, 2.75) is 19.0 Å². The van der Waals surface area contributed by atoms with Gasteiger partial charge in [-0.3, -0.25) is 9.59 Å². The van der Waals surface area contributed by atoms with Gasteiger partial charge in [0.15, 0.2) is 5.76 Å². The molecule has 0 aliphatic heterocycles. The number of rotatable bonds is 7. The smallest absolute Gasteiger partial charge is 0.280 e. The summed E-state index contributed by atoms with van der Waals surface area (Å²) in [5, 5.41) is 2.61. The van der Waals surface area contributed by atoms with Gasteiger partial charge < -0.3 is 20.2 Å². The lowest BCUT2D eigenvalue weighted by atomic mass is 10.0. The molecular weight excluding hydrogens is 480 g/mol. The molecule has 10 heteroatoms. The predicted octanol–water partition coefficient (Wildman–Crippen LogP) is 5.99. The van der Waals surface area contributed by atoms with E-state index in [0.29, 0.717) is 23.4 Å². The van der Waals surface area contributed by atoms with Crippen LogP contribution >= 0.6 is 0 Å². The van der Waals surface area contributed by atoms with Crippen molar-refractivity contribution in [2.75, 3.05) is 18.2 Å². The number of nitrogen functional groups attached to an aromatic ring is 1. The van der Waals surface area contributed by atoms with Crippen LogP contribution in [0.1, 0.15) is 23.0 Å². The van der Waals surface area contributed by atoms with Gasteiger partial charge in [0.1, 0.15) is 17.1 Å². The van der Waals surface area contributed by atoms with E-state index in [-0.39, 0.29) is 34.0 Å². The summed E-state index contributed by atoms with van der Waals surface area (Å²) in [4.78, 5) is 25.0. The number of furan rings is 1. The number of ketones is 1. The summed E-state index contributed by atoms with van der Waals surface area (Å²) in [6, 6.07) is 14.5. The number of nitrogens with two attached hydrogens (primary N) is 1. The maximum absolute atomic E-state index is 13.9. The number of amides is 1. The van der Waals surface area contributed by atoms with Crippen LogP contribution in [0.15, 0.2) is 65.1 Å². The molecule has 3 aromatic carbocycles. The van der Waals surface area contributed by atoms with Gasteiger partial charge >= 0.3 is 0 Å². The molecule has 1 amide bonds. The Labute approximate surface area is 202 Å². The molecule has 0 bridgehead atoms. The third kappa shape index (κ3) is 4.49. The van der Waals surface area contributed by atoms with Gasteiger partial charge in [0.25, 0.3) is 12.3 Å². The lowest BCUT2D eigenvalue weighted by molar-refractivity contribution is -0.136. The second-order valence-electron chi connectivity index (χ2n) is 8.14. The lowest BCUT2D eigenvalue weighted by Gasteiger charge is -2.18. The van der Waals surface area contributed by atoms with Crippen molar-refractivity contribution >= 4 is 34.0 Å². The van der Waals surface area contributed by atoms with Crippen LogP contribution in [0.3, 0.4) is 0 Å². The highest BCUT2D eigenvalue weighted by Crippen LogP contribution is 2.35. The minimum atomic E-state index is -3.49. The Morgan fingerprint density at radius 3 is 2.47 bits per heavy atom. The summed E-state index contributed by atoms with van der Waals surface area (Å²) in [5.74, 6) is -2.77. The van der Waals surface area contributed by atoms with Gasteiger partial charge in [-0.15, -0.1) is 0 Å². The zero-order valence-corrected chi connectivity index (χ0v) is 19.1. The zero-order chi connectivity index (χ0) is 26.2. The predicted molar refractivity (Wildman–Crippen MR) is 127 cm³/mol. The average Bonchev–Trinajstić information content (AvgIpc) is 3.19. The van der Waals surface area contributed by atoms with Crippen LogP contribution in [0.5, 0.6) is 5.75 Å². The average molecular weight is 500 g/mol. The number of anilines is 2. The molecule has 0 saturated carbocycles. The van der Waals surface area contributed by atoms with E-state index in [2.05, 4.69) is 5.32 Å². The van der Waals surface area contributed by atoms with Crippen molar-refractivity contribution in [1.82, 2.24) is 0 Å². The minimum Gasteiger partial charge on any atom is -0.496 e. The Hall–Kier alpha value is -4.34. The number of nitrogens with one attached hydrogen (secondary N) is 1. The molecule has 0 fully saturated rings. The highest BCUT2D eigenvalue weighted by Gasteiger charge is 2.43. The molecule has 186 valence electrons. The Morgan fingerprint density at radius 2 is 1.78 bits per heavy atom. The van der Waals surface area contributed by atoms with Gasteiger partial charge in [0, 0.05) is 17.1 Å². The fourth-order valence-electron chi connectivity index (χ4n) is 3.57. The van der Waals surface area contributed by atoms with Crippen molar-refractivity contribution in [2.24, 2.45) is 0 Å². The SMILES string of the molecule is COc1cc(F)ccc1C(=O)c1oc2cc(-c3cccc(NC(=O)C(C)(F)C(F)F)c3)ccc2c1N. The largest absolute Gasteiger partial charge is 0.496 e. The summed E-state index contributed by atoms with van der Waals surface area (Å²) in [6.07, 6.45) is -3.49. The van der Waals surface area contributed by atoms with Crippen LogP contribution in [0.4, 0.5) is 28.9 Å². The number of alkyl halides is 3. The Morgan fingerprint density at radius 1 is 1.06 bits per heavy atom. The molecule has 6 nitrogen and oxygen atoms in total. The molecule has 1 aromatic heterocycles. The first kappa shape index (κ1) is 24.8. The minimum absolute atomic E-state index is 0.0237. The molecule has 0 spiro atoms. The summed E-state index contributed by atoms with van der Waals surface area (Å²) < 4.78 is 63.9. The lowest BCUT2D eigenvalue weighted by Crippen LogP contribution is -2.42. The van der Waals surface area contributed by atoms with E-state index < -0.39 is 29.6 Å².